The summed E-state index contributed by atoms with van der Waals surface area (Å²) in [4.78, 5) is 0. The third-order valence-corrected chi connectivity index (χ3v) is 10.00. The Bertz CT molecular complexity index is 2880. The van der Waals surface area contributed by atoms with Crippen LogP contribution < -0.4 is 5.32 Å². The van der Waals surface area contributed by atoms with Crippen molar-refractivity contribution in [3.63, 3.8) is 0 Å². The van der Waals surface area contributed by atoms with Gasteiger partial charge in [0.15, 0.2) is 5.58 Å². The van der Waals surface area contributed by atoms with Crippen LogP contribution in [0.2, 0.25) is 0 Å². The van der Waals surface area contributed by atoms with Crippen LogP contribution in [0.15, 0.2) is 186 Å². The molecule has 0 bridgehead atoms. The van der Waals surface area contributed by atoms with Gasteiger partial charge in [0.05, 0.1) is 5.69 Å². The molecule has 2 nitrogen and oxygen atoms in total. The fourth-order valence-corrected chi connectivity index (χ4v) is 7.46. The molecule has 2 heteroatoms. The molecule has 50 heavy (non-hydrogen) atoms. The zero-order chi connectivity index (χ0) is 33.0. The number of rotatable bonds is 5. The molecule has 1 aromatic heterocycles. The maximum Gasteiger partial charge on any atom is 0.159 e. The summed E-state index contributed by atoms with van der Waals surface area (Å²) < 4.78 is 6.78. The first-order valence-corrected chi connectivity index (χ1v) is 17.1. The van der Waals surface area contributed by atoms with Gasteiger partial charge in [-0.05, 0) is 96.5 Å². The van der Waals surface area contributed by atoms with Crippen molar-refractivity contribution in [2.45, 2.75) is 0 Å². The van der Waals surface area contributed by atoms with E-state index in [1.165, 1.54) is 54.6 Å². The van der Waals surface area contributed by atoms with Crippen molar-refractivity contribution < 1.29 is 4.42 Å². The third kappa shape index (κ3) is 4.81. The van der Waals surface area contributed by atoms with Gasteiger partial charge in [-0.15, -0.1) is 0 Å². The lowest BCUT2D eigenvalue weighted by atomic mass is 9.96. The zero-order valence-corrected chi connectivity index (χ0v) is 27.2. The fraction of sp³-hybridized carbons (Fsp3) is 0. The predicted octanol–water partition coefficient (Wildman–Crippen LogP) is 13.8. The van der Waals surface area contributed by atoms with Crippen LogP contribution in [0.1, 0.15) is 0 Å². The van der Waals surface area contributed by atoms with E-state index < -0.39 is 0 Å². The number of fused-ring (bicyclic) bond motifs is 7. The zero-order valence-electron chi connectivity index (χ0n) is 27.2. The number of anilines is 2. The van der Waals surface area contributed by atoms with E-state index in [4.69, 9.17) is 4.42 Å². The van der Waals surface area contributed by atoms with Crippen molar-refractivity contribution in [1.82, 2.24) is 0 Å². The molecule has 0 atom stereocenters. The molecule has 0 fully saturated rings. The second-order valence-electron chi connectivity index (χ2n) is 13.0. The van der Waals surface area contributed by atoms with E-state index in [0.29, 0.717) is 0 Å². The van der Waals surface area contributed by atoms with Crippen molar-refractivity contribution in [2.75, 3.05) is 5.32 Å². The minimum absolute atomic E-state index is 0.864. The first-order valence-electron chi connectivity index (χ1n) is 17.1. The summed E-state index contributed by atoms with van der Waals surface area (Å²) in [6, 6.07) is 65.1. The molecule has 1 heterocycles. The SMILES string of the molecule is c1ccc(-c2cccc3c2oc2c(Nc4ccc(-c5ccc6ccc(-c7ccc8ccccc8c7)cc6c5)cc4)cc4ccccc4c23)cc1. The molecule has 0 saturated carbocycles. The minimum atomic E-state index is 0.864. The molecule has 234 valence electrons. The van der Waals surface area contributed by atoms with Gasteiger partial charge in [0.2, 0.25) is 0 Å². The fourth-order valence-electron chi connectivity index (χ4n) is 7.46. The average molecular weight is 638 g/mol. The van der Waals surface area contributed by atoms with E-state index in [1.807, 2.05) is 6.07 Å². The van der Waals surface area contributed by atoms with Crippen LogP contribution in [-0.4, -0.2) is 0 Å². The summed E-state index contributed by atoms with van der Waals surface area (Å²) in [5.41, 5.74) is 10.8. The summed E-state index contributed by atoms with van der Waals surface area (Å²) in [5.74, 6) is 0. The van der Waals surface area contributed by atoms with Crippen molar-refractivity contribution in [1.29, 1.82) is 0 Å². The lowest BCUT2D eigenvalue weighted by Gasteiger charge is -2.11. The highest BCUT2D eigenvalue weighted by Gasteiger charge is 2.18. The molecular formula is C48H31NO. The van der Waals surface area contributed by atoms with Crippen LogP contribution >= 0.6 is 0 Å². The molecule has 0 radical (unpaired) electrons. The monoisotopic (exact) mass is 637 g/mol. The number of para-hydroxylation sites is 1. The molecule has 0 unspecified atom stereocenters. The summed E-state index contributed by atoms with van der Waals surface area (Å²) in [6.45, 7) is 0. The Morgan fingerprint density at radius 3 is 1.68 bits per heavy atom. The van der Waals surface area contributed by atoms with Gasteiger partial charge >= 0.3 is 0 Å². The summed E-state index contributed by atoms with van der Waals surface area (Å²) in [7, 11) is 0. The molecule has 9 aromatic carbocycles. The Morgan fingerprint density at radius 2 is 0.920 bits per heavy atom. The lowest BCUT2D eigenvalue weighted by molar-refractivity contribution is 0.671. The maximum atomic E-state index is 6.78. The largest absolute Gasteiger partial charge is 0.453 e. The predicted molar refractivity (Wildman–Crippen MR) is 212 cm³/mol. The van der Waals surface area contributed by atoms with E-state index in [0.717, 1.165) is 44.4 Å². The van der Waals surface area contributed by atoms with Crippen molar-refractivity contribution in [3.8, 4) is 33.4 Å². The highest BCUT2D eigenvalue weighted by molar-refractivity contribution is 6.24. The maximum absolute atomic E-state index is 6.78. The number of hydrogen-bond acceptors (Lipinski definition) is 2. The average Bonchev–Trinajstić information content (AvgIpc) is 3.59. The molecule has 0 aliphatic carbocycles. The Morgan fingerprint density at radius 1 is 0.340 bits per heavy atom. The topological polar surface area (TPSA) is 25.2 Å². The highest BCUT2D eigenvalue weighted by Crippen LogP contribution is 2.43. The third-order valence-electron chi connectivity index (χ3n) is 10.00. The molecule has 10 aromatic rings. The number of nitrogens with one attached hydrogen (secondary N) is 1. The first-order chi connectivity index (χ1) is 24.7. The Hall–Kier alpha value is -6.64. The molecule has 0 aliphatic rings. The van der Waals surface area contributed by atoms with Gasteiger partial charge in [0.1, 0.15) is 5.58 Å². The molecule has 0 aliphatic heterocycles. The van der Waals surface area contributed by atoms with Gasteiger partial charge in [-0.25, -0.2) is 0 Å². The van der Waals surface area contributed by atoms with Crippen LogP contribution in [0.25, 0.3) is 87.6 Å². The van der Waals surface area contributed by atoms with E-state index in [2.05, 4.69) is 181 Å². The number of benzene rings is 9. The summed E-state index contributed by atoms with van der Waals surface area (Å²) >= 11 is 0. The molecule has 0 amide bonds. The van der Waals surface area contributed by atoms with Crippen molar-refractivity contribution in [2.24, 2.45) is 0 Å². The molecule has 0 spiro atoms. The highest BCUT2D eigenvalue weighted by atomic mass is 16.3. The van der Waals surface area contributed by atoms with Gasteiger partial charge in [-0.2, -0.15) is 0 Å². The van der Waals surface area contributed by atoms with Gasteiger partial charge in [-0.1, -0.05) is 146 Å². The standard InChI is InChI=1S/C48H31NO/c1-2-10-34(11-3-1)43-15-8-16-44-46-42-14-7-6-13-39(42)30-45(48(46)50-47(43)44)49-41-25-23-32(24-26-41)36-20-18-33-19-22-38(29-40(33)28-36)37-21-17-31-9-4-5-12-35(31)27-37/h1-30,49H. The number of hydrogen-bond donors (Lipinski definition) is 1. The minimum Gasteiger partial charge on any atom is -0.453 e. The molecular weight excluding hydrogens is 607 g/mol. The van der Waals surface area contributed by atoms with Crippen LogP contribution in [0.3, 0.4) is 0 Å². The second-order valence-corrected chi connectivity index (χ2v) is 13.0. The van der Waals surface area contributed by atoms with Crippen LogP contribution in [0.5, 0.6) is 0 Å². The second kappa shape index (κ2) is 11.5. The molecule has 10 rings (SSSR count). The van der Waals surface area contributed by atoms with Crippen molar-refractivity contribution >= 4 is 65.6 Å². The number of furan rings is 1. The Labute approximate surface area is 289 Å². The van der Waals surface area contributed by atoms with Crippen molar-refractivity contribution in [3.05, 3.63) is 182 Å². The quantitative estimate of drug-likeness (QED) is 0.203. The van der Waals surface area contributed by atoms with E-state index in [1.54, 1.807) is 0 Å². The normalized spacial score (nSPS) is 11.6. The lowest BCUT2D eigenvalue weighted by Crippen LogP contribution is -1.91. The van der Waals surface area contributed by atoms with Crippen LogP contribution in [0.4, 0.5) is 11.4 Å². The van der Waals surface area contributed by atoms with E-state index >= 15 is 0 Å². The van der Waals surface area contributed by atoms with Gasteiger partial charge in [-0.3, -0.25) is 0 Å². The van der Waals surface area contributed by atoms with E-state index in [-0.39, 0.29) is 0 Å². The summed E-state index contributed by atoms with van der Waals surface area (Å²) in [6.07, 6.45) is 0. The molecule has 0 saturated heterocycles. The van der Waals surface area contributed by atoms with Gasteiger partial charge in [0.25, 0.3) is 0 Å². The first kappa shape index (κ1) is 28.4. The smallest absolute Gasteiger partial charge is 0.159 e. The van der Waals surface area contributed by atoms with Crippen LogP contribution in [0, 0.1) is 0 Å². The summed E-state index contributed by atoms with van der Waals surface area (Å²) in [5, 5.41) is 13.3. The van der Waals surface area contributed by atoms with E-state index in [9.17, 15) is 0 Å². The molecule has 1 N–H and O–H groups in total. The Balaban J connectivity index is 1.01. The van der Waals surface area contributed by atoms with Gasteiger partial charge in [0, 0.05) is 22.0 Å². The Kier molecular flexibility index (Phi) is 6.53. The van der Waals surface area contributed by atoms with Gasteiger partial charge < -0.3 is 9.73 Å². The van der Waals surface area contributed by atoms with Crippen LogP contribution in [-0.2, 0) is 0 Å².